The molecule has 0 aliphatic heterocycles. The van der Waals surface area contributed by atoms with E-state index in [2.05, 4.69) is 5.10 Å². The molecule has 1 heterocycles. The molecule has 0 amide bonds. The molecule has 1 saturated carbocycles. The molecule has 0 saturated heterocycles. The fourth-order valence-electron chi connectivity index (χ4n) is 2.95. The van der Waals surface area contributed by atoms with Crippen molar-refractivity contribution >= 4 is 22.9 Å². The number of carbonyl (C=O) groups is 1. The molecule has 0 bridgehead atoms. The highest BCUT2D eigenvalue weighted by Gasteiger charge is 2.21. The Labute approximate surface area is 115 Å². The molecular weight excluding hydrogens is 258 g/mol. The van der Waals surface area contributed by atoms with Gasteiger partial charge in [0.1, 0.15) is 5.69 Å². The highest BCUT2D eigenvalue weighted by atomic mass is 16.6. The van der Waals surface area contributed by atoms with Crippen LogP contribution < -0.4 is 0 Å². The largest absolute Gasteiger partial charge is 0.296 e. The van der Waals surface area contributed by atoms with Crippen molar-refractivity contribution < 1.29 is 9.72 Å². The molecule has 6 heteroatoms. The maximum Gasteiger partial charge on any atom is 0.271 e. The van der Waals surface area contributed by atoms with Crippen LogP contribution in [0.1, 0.15) is 48.6 Å². The third-order valence-corrected chi connectivity index (χ3v) is 3.96. The molecule has 1 aromatic carbocycles. The van der Waals surface area contributed by atoms with Crippen molar-refractivity contribution in [2.45, 2.75) is 38.1 Å². The first-order chi connectivity index (χ1) is 9.70. The summed E-state index contributed by atoms with van der Waals surface area (Å²) < 4.78 is 1.81. The Morgan fingerprint density at radius 1 is 1.30 bits per heavy atom. The number of hydrogen-bond donors (Lipinski definition) is 0. The Hall–Kier alpha value is -2.24. The number of fused-ring (bicyclic) bond motifs is 1. The molecule has 1 aliphatic carbocycles. The van der Waals surface area contributed by atoms with Crippen molar-refractivity contribution in [2.75, 3.05) is 0 Å². The average molecular weight is 273 g/mol. The fraction of sp³-hybridized carbons (Fsp3) is 0.429. The summed E-state index contributed by atoms with van der Waals surface area (Å²) in [6, 6.07) is 4.79. The van der Waals surface area contributed by atoms with E-state index in [4.69, 9.17) is 0 Å². The standard InChI is InChI=1S/C14H15N3O3/c18-9-13-12-7-6-11(17(19)20)8-14(12)16(15-13)10-4-2-1-3-5-10/h6-10H,1-5H2. The van der Waals surface area contributed by atoms with Crippen LogP contribution >= 0.6 is 0 Å². The van der Waals surface area contributed by atoms with Gasteiger partial charge in [0.15, 0.2) is 6.29 Å². The molecule has 0 unspecified atom stereocenters. The van der Waals surface area contributed by atoms with E-state index >= 15 is 0 Å². The predicted molar refractivity (Wildman–Crippen MR) is 73.9 cm³/mol. The molecule has 0 radical (unpaired) electrons. The predicted octanol–water partition coefficient (Wildman–Crippen LogP) is 3.26. The number of nitrogens with zero attached hydrogens (tertiary/aromatic N) is 3. The Morgan fingerprint density at radius 2 is 2.05 bits per heavy atom. The van der Waals surface area contributed by atoms with Gasteiger partial charge in [-0.25, -0.2) is 0 Å². The lowest BCUT2D eigenvalue weighted by Crippen LogP contribution is -2.14. The van der Waals surface area contributed by atoms with Crippen molar-refractivity contribution in [1.82, 2.24) is 9.78 Å². The zero-order chi connectivity index (χ0) is 14.1. The highest BCUT2D eigenvalue weighted by Crippen LogP contribution is 2.32. The first-order valence-corrected chi connectivity index (χ1v) is 6.82. The number of nitro groups is 1. The van der Waals surface area contributed by atoms with Crippen LogP contribution in [0, 0.1) is 10.1 Å². The van der Waals surface area contributed by atoms with Crippen molar-refractivity contribution in [1.29, 1.82) is 0 Å². The summed E-state index contributed by atoms with van der Waals surface area (Å²) >= 11 is 0. The topological polar surface area (TPSA) is 78.0 Å². The van der Waals surface area contributed by atoms with Gasteiger partial charge >= 0.3 is 0 Å². The second kappa shape index (κ2) is 5.03. The number of aldehydes is 1. The fourth-order valence-corrected chi connectivity index (χ4v) is 2.95. The summed E-state index contributed by atoms with van der Waals surface area (Å²) in [6.07, 6.45) is 6.23. The molecule has 2 aromatic rings. The SMILES string of the molecule is O=Cc1nn(C2CCCCC2)c2cc([N+](=O)[O-])ccc12. The Balaban J connectivity index is 2.16. The van der Waals surface area contributed by atoms with Gasteiger partial charge in [0.25, 0.3) is 5.69 Å². The minimum absolute atomic E-state index is 0.0342. The second-order valence-corrected chi connectivity index (χ2v) is 5.20. The van der Waals surface area contributed by atoms with E-state index < -0.39 is 4.92 Å². The zero-order valence-corrected chi connectivity index (χ0v) is 11.0. The van der Waals surface area contributed by atoms with Crippen LogP contribution in [0.25, 0.3) is 10.9 Å². The number of benzene rings is 1. The van der Waals surface area contributed by atoms with Gasteiger partial charge < -0.3 is 0 Å². The third kappa shape index (κ3) is 2.07. The maximum atomic E-state index is 11.1. The van der Waals surface area contributed by atoms with Gasteiger partial charge in [0, 0.05) is 17.5 Å². The smallest absolute Gasteiger partial charge is 0.271 e. The summed E-state index contributed by atoms with van der Waals surface area (Å²) in [4.78, 5) is 21.6. The monoisotopic (exact) mass is 273 g/mol. The van der Waals surface area contributed by atoms with Crippen LogP contribution in [-0.2, 0) is 0 Å². The highest BCUT2D eigenvalue weighted by molar-refractivity contribution is 5.96. The lowest BCUT2D eigenvalue weighted by molar-refractivity contribution is -0.384. The van der Waals surface area contributed by atoms with E-state index in [1.54, 1.807) is 6.07 Å². The quantitative estimate of drug-likeness (QED) is 0.488. The van der Waals surface area contributed by atoms with E-state index in [1.165, 1.54) is 18.6 Å². The number of aromatic nitrogens is 2. The molecule has 6 nitrogen and oxygen atoms in total. The maximum absolute atomic E-state index is 11.1. The van der Waals surface area contributed by atoms with Gasteiger partial charge in [0.2, 0.25) is 0 Å². The molecule has 0 spiro atoms. The number of hydrogen-bond acceptors (Lipinski definition) is 4. The van der Waals surface area contributed by atoms with Crippen molar-refractivity contribution in [3.05, 3.63) is 34.0 Å². The Morgan fingerprint density at radius 3 is 2.70 bits per heavy atom. The normalized spacial score (nSPS) is 16.4. The first-order valence-electron chi connectivity index (χ1n) is 6.82. The summed E-state index contributed by atoms with van der Waals surface area (Å²) in [7, 11) is 0. The summed E-state index contributed by atoms with van der Waals surface area (Å²) in [5.41, 5.74) is 1.08. The molecule has 1 aliphatic rings. The van der Waals surface area contributed by atoms with Crippen molar-refractivity contribution in [3.63, 3.8) is 0 Å². The molecule has 0 N–H and O–H groups in total. The van der Waals surface area contributed by atoms with E-state index in [0.717, 1.165) is 25.7 Å². The van der Waals surface area contributed by atoms with Crippen LogP contribution in [0.4, 0.5) is 5.69 Å². The van der Waals surface area contributed by atoms with Crippen molar-refractivity contribution in [3.8, 4) is 0 Å². The number of rotatable bonds is 3. The molecule has 1 fully saturated rings. The van der Waals surface area contributed by atoms with Crippen LogP contribution in [0.2, 0.25) is 0 Å². The summed E-state index contributed by atoms with van der Waals surface area (Å²) in [5.74, 6) is 0. The minimum Gasteiger partial charge on any atom is -0.296 e. The van der Waals surface area contributed by atoms with Crippen LogP contribution in [0.3, 0.4) is 0 Å². The van der Waals surface area contributed by atoms with Gasteiger partial charge in [-0.15, -0.1) is 0 Å². The minimum atomic E-state index is -0.418. The van der Waals surface area contributed by atoms with Crippen molar-refractivity contribution in [2.24, 2.45) is 0 Å². The average Bonchev–Trinajstić information content (AvgIpc) is 2.86. The molecule has 3 rings (SSSR count). The van der Waals surface area contributed by atoms with Gasteiger partial charge in [-0.05, 0) is 18.9 Å². The number of non-ortho nitro benzene ring substituents is 1. The van der Waals surface area contributed by atoms with Gasteiger partial charge in [0.05, 0.1) is 16.5 Å². The van der Waals surface area contributed by atoms with Crippen LogP contribution in [-0.4, -0.2) is 21.0 Å². The summed E-state index contributed by atoms with van der Waals surface area (Å²) in [6.45, 7) is 0. The van der Waals surface area contributed by atoms with Gasteiger partial charge in [-0.2, -0.15) is 5.10 Å². The van der Waals surface area contributed by atoms with Crippen LogP contribution in [0.15, 0.2) is 18.2 Å². The lowest BCUT2D eigenvalue weighted by atomic mass is 9.95. The third-order valence-electron chi connectivity index (χ3n) is 3.96. The van der Waals surface area contributed by atoms with Gasteiger partial charge in [-0.3, -0.25) is 19.6 Å². The zero-order valence-electron chi connectivity index (χ0n) is 11.0. The van der Waals surface area contributed by atoms with E-state index in [0.29, 0.717) is 22.9 Å². The number of nitro benzene ring substituents is 1. The lowest BCUT2D eigenvalue weighted by Gasteiger charge is -2.22. The number of carbonyl (C=O) groups excluding carboxylic acids is 1. The molecule has 104 valence electrons. The Kier molecular flexibility index (Phi) is 3.22. The molecular formula is C14H15N3O3. The van der Waals surface area contributed by atoms with Gasteiger partial charge in [-0.1, -0.05) is 19.3 Å². The van der Waals surface area contributed by atoms with E-state index in [-0.39, 0.29) is 11.7 Å². The summed E-state index contributed by atoms with van der Waals surface area (Å²) in [5, 5.41) is 16.0. The molecule has 0 atom stereocenters. The van der Waals surface area contributed by atoms with E-state index in [1.807, 2.05) is 4.68 Å². The van der Waals surface area contributed by atoms with E-state index in [9.17, 15) is 14.9 Å². The first kappa shape index (κ1) is 12.8. The molecule has 20 heavy (non-hydrogen) atoms. The van der Waals surface area contributed by atoms with Crippen LogP contribution in [0.5, 0.6) is 0 Å². The molecule has 1 aromatic heterocycles. The Bertz CT molecular complexity index is 672. The second-order valence-electron chi connectivity index (χ2n) is 5.20.